The number of rotatable bonds is 1. The third-order valence-electron chi connectivity index (χ3n) is 3.70. The zero-order chi connectivity index (χ0) is 13.6. The van der Waals surface area contributed by atoms with Gasteiger partial charge in [-0.15, -0.1) is 0 Å². The molecule has 0 unspecified atom stereocenters. The first-order valence-corrected chi connectivity index (χ1v) is 6.20. The van der Waals surface area contributed by atoms with Crippen LogP contribution in [0.25, 0.3) is 0 Å². The maximum Gasteiger partial charge on any atom is 0.256 e. The Morgan fingerprint density at radius 3 is 3.05 bits per heavy atom. The van der Waals surface area contributed by atoms with Crippen molar-refractivity contribution in [3.05, 3.63) is 17.7 Å². The minimum atomic E-state index is -0.962. The number of halogens is 1. The summed E-state index contributed by atoms with van der Waals surface area (Å²) in [5, 5.41) is 12.8. The number of phenolic OH excluding ortho intramolecular Hbond substituents is 1. The molecule has 3 rings (SSSR count). The van der Waals surface area contributed by atoms with Gasteiger partial charge in [0.15, 0.2) is 11.5 Å². The van der Waals surface area contributed by atoms with Crippen LogP contribution in [-0.2, 0) is 0 Å². The molecule has 2 aliphatic rings. The number of carbonyl (C=O) groups excluding carboxylic acids is 1. The van der Waals surface area contributed by atoms with Gasteiger partial charge in [-0.2, -0.15) is 0 Å². The molecule has 2 heterocycles. The third-order valence-corrected chi connectivity index (χ3v) is 3.70. The molecule has 2 aliphatic heterocycles. The largest absolute Gasteiger partial charge is 0.504 e. The van der Waals surface area contributed by atoms with Gasteiger partial charge >= 0.3 is 0 Å². The van der Waals surface area contributed by atoms with Gasteiger partial charge in [0.1, 0.15) is 6.17 Å². The van der Waals surface area contributed by atoms with Crippen LogP contribution in [-0.4, -0.2) is 48.3 Å². The van der Waals surface area contributed by atoms with E-state index in [0.717, 1.165) is 0 Å². The van der Waals surface area contributed by atoms with Crippen LogP contribution in [0.3, 0.4) is 0 Å². The lowest BCUT2D eigenvalue weighted by molar-refractivity contribution is 0.0742. The average Bonchev–Trinajstić information content (AvgIpc) is 2.71. The van der Waals surface area contributed by atoms with Crippen LogP contribution < -0.4 is 10.1 Å². The second-order valence-corrected chi connectivity index (χ2v) is 4.89. The van der Waals surface area contributed by atoms with Crippen LogP contribution in [0.5, 0.6) is 11.5 Å². The summed E-state index contributed by atoms with van der Waals surface area (Å²) < 4.78 is 18.4. The van der Waals surface area contributed by atoms with Crippen LogP contribution in [0.4, 0.5) is 10.1 Å². The van der Waals surface area contributed by atoms with E-state index in [9.17, 15) is 14.3 Å². The smallest absolute Gasteiger partial charge is 0.256 e. The van der Waals surface area contributed by atoms with Crippen molar-refractivity contribution in [1.82, 2.24) is 4.90 Å². The van der Waals surface area contributed by atoms with E-state index in [1.165, 1.54) is 19.2 Å². The quantitative estimate of drug-likeness (QED) is 0.806. The molecule has 1 aromatic carbocycles. The van der Waals surface area contributed by atoms with E-state index in [1.807, 2.05) is 0 Å². The number of methoxy groups -OCH3 is 1. The molecule has 0 radical (unpaired) electrons. The molecule has 1 saturated heterocycles. The lowest BCUT2D eigenvalue weighted by Gasteiger charge is -2.20. The number of hydrogen-bond donors (Lipinski definition) is 2. The Hall–Kier alpha value is -1.98. The van der Waals surface area contributed by atoms with Gasteiger partial charge in [-0.05, 0) is 6.07 Å². The van der Waals surface area contributed by atoms with Crippen molar-refractivity contribution in [2.75, 3.05) is 25.5 Å². The topological polar surface area (TPSA) is 61.8 Å². The normalized spacial score (nSPS) is 25.4. The monoisotopic (exact) mass is 266 g/mol. The molecule has 2 N–H and O–H groups in total. The molecule has 2 atom stereocenters. The minimum absolute atomic E-state index is 0.0213. The van der Waals surface area contributed by atoms with Crippen molar-refractivity contribution in [3.8, 4) is 11.5 Å². The highest BCUT2D eigenvalue weighted by molar-refractivity contribution is 6.01. The number of phenols is 1. The molecule has 0 saturated carbocycles. The zero-order valence-corrected chi connectivity index (χ0v) is 10.5. The van der Waals surface area contributed by atoms with Crippen LogP contribution in [0.15, 0.2) is 12.1 Å². The lowest BCUT2D eigenvalue weighted by Crippen LogP contribution is -2.37. The van der Waals surface area contributed by atoms with Crippen molar-refractivity contribution < 1.29 is 19.0 Å². The fraction of sp³-hybridized carbons (Fsp3) is 0.462. The summed E-state index contributed by atoms with van der Waals surface area (Å²) in [6.45, 7) is 0.624. The highest BCUT2D eigenvalue weighted by Crippen LogP contribution is 2.36. The summed E-state index contributed by atoms with van der Waals surface area (Å²) in [5.41, 5.74) is 0.972. The molecule has 0 bridgehead atoms. The van der Waals surface area contributed by atoms with E-state index in [1.54, 1.807) is 4.90 Å². The molecule has 6 heteroatoms. The summed E-state index contributed by atoms with van der Waals surface area (Å²) >= 11 is 0. The van der Waals surface area contributed by atoms with Crippen molar-refractivity contribution >= 4 is 11.6 Å². The summed E-state index contributed by atoms with van der Waals surface area (Å²) in [6.07, 6.45) is -0.605. The highest BCUT2D eigenvalue weighted by atomic mass is 19.1. The molecular weight excluding hydrogens is 251 g/mol. The Kier molecular flexibility index (Phi) is 2.73. The van der Waals surface area contributed by atoms with E-state index in [4.69, 9.17) is 4.74 Å². The van der Waals surface area contributed by atoms with E-state index < -0.39 is 6.17 Å². The molecule has 0 aliphatic carbocycles. The van der Waals surface area contributed by atoms with Crippen LogP contribution >= 0.6 is 0 Å². The summed E-state index contributed by atoms with van der Waals surface area (Å²) in [5.74, 6) is -0.00114. The first-order valence-electron chi connectivity index (χ1n) is 6.20. The van der Waals surface area contributed by atoms with E-state index in [2.05, 4.69) is 5.32 Å². The lowest BCUT2D eigenvalue weighted by atomic mass is 10.1. The zero-order valence-electron chi connectivity index (χ0n) is 10.5. The predicted molar refractivity (Wildman–Crippen MR) is 67.5 cm³/mol. The minimum Gasteiger partial charge on any atom is -0.504 e. The molecule has 1 fully saturated rings. The van der Waals surface area contributed by atoms with E-state index in [0.29, 0.717) is 24.2 Å². The van der Waals surface area contributed by atoms with E-state index in [-0.39, 0.29) is 30.0 Å². The maximum atomic E-state index is 13.4. The Bertz CT molecular complexity index is 535. The molecule has 102 valence electrons. The molecule has 5 nitrogen and oxygen atoms in total. The number of anilines is 1. The van der Waals surface area contributed by atoms with Gasteiger partial charge < -0.3 is 20.1 Å². The Morgan fingerprint density at radius 2 is 2.32 bits per heavy atom. The number of hydrogen-bond acceptors (Lipinski definition) is 4. The Balaban J connectivity index is 2.03. The van der Waals surface area contributed by atoms with Gasteiger partial charge in [-0.25, -0.2) is 4.39 Å². The summed E-state index contributed by atoms with van der Waals surface area (Å²) in [7, 11) is 1.42. The number of benzene rings is 1. The van der Waals surface area contributed by atoms with Gasteiger partial charge in [-0.1, -0.05) is 0 Å². The van der Waals surface area contributed by atoms with Crippen LogP contribution in [0.1, 0.15) is 16.8 Å². The van der Waals surface area contributed by atoms with Gasteiger partial charge in [0, 0.05) is 19.0 Å². The Morgan fingerprint density at radius 1 is 1.53 bits per heavy atom. The standard InChI is InChI=1S/C13H15FN2O3/c1-19-12-3-9-10(4-11(12)17)15-5-8-2-7(14)6-16(8)13(9)18/h3-4,7-8,15,17H,2,5-6H2,1H3/t7-,8-/m0/s1. The highest BCUT2D eigenvalue weighted by Gasteiger charge is 2.38. The molecule has 0 spiro atoms. The first kappa shape index (κ1) is 12.1. The summed E-state index contributed by atoms with van der Waals surface area (Å²) in [6, 6.07) is 2.83. The number of amides is 1. The molecule has 1 amide bonds. The number of carbonyl (C=O) groups is 1. The van der Waals surface area contributed by atoms with Crippen molar-refractivity contribution in [2.24, 2.45) is 0 Å². The number of alkyl halides is 1. The van der Waals surface area contributed by atoms with Gasteiger partial charge in [0.05, 0.1) is 30.9 Å². The van der Waals surface area contributed by atoms with Gasteiger partial charge in [0.2, 0.25) is 0 Å². The maximum absolute atomic E-state index is 13.4. The van der Waals surface area contributed by atoms with Crippen molar-refractivity contribution in [2.45, 2.75) is 18.6 Å². The van der Waals surface area contributed by atoms with Gasteiger partial charge in [0.25, 0.3) is 5.91 Å². The fourth-order valence-corrected chi connectivity index (χ4v) is 2.74. The number of nitrogens with zero attached hydrogens (tertiary/aromatic N) is 1. The predicted octanol–water partition coefficient (Wildman–Crippen LogP) is 1.38. The van der Waals surface area contributed by atoms with Crippen molar-refractivity contribution in [1.29, 1.82) is 0 Å². The third kappa shape index (κ3) is 1.87. The van der Waals surface area contributed by atoms with E-state index >= 15 is 0 Å². The molecule has 1 aromatic rings. The molecular formula is C13H15FN2O3. The second kappa shape index (κ2) is 4.29. The molecule has 0 aromatic heterocycles. The second-order valence-electron chi connectivity index (χ2n) is 4.89. The summed E-state index contributed by atoms with van der Waals surface area (Å²) in [4.78, 5) is 14.0. The van der Waals surface area contributed by atoms with Crippen LogP contribution in [0, 0.1) is 0 Å². The number of nitrogens with one attached hydrogen (secondary N) is 1. The van der Waals surface area contributed by atoms with Crippen LogP contribution in [0.2, 0.25) is 0 Å². The molecule has 19 heavy (non-hydrogen) atoms. The number of aromatic hydroxyl groups is 1. The number of fused-ring (bicyclic) bond motifs is 2. The van der Waals surface area contributed by atoms with Gasteiger partial charge in [-0.3, -0.25) is 4.79 Å². The SMILES string of the molecule is COc1cc2c(cc1O)NC[C@@H]1C[C@H](F)CN1C2=O. The Labute approximate surface area is 110 Å². The fourth-order valence-electron chi connectivity index (χ4n) is 2.74. The number of ether oxygens (including phenoxy) is 1. The average molecular weight is 266 g/mol. The first-order chi connectivity index (χ1) is 9.10. The van der Waals surface area contributed by atoms with Crippen molar-refractivity contribution in [3.63, 3.8) is 0 Å².